The summed E-state index contributed by atoms with van der Waals surface area (Å²) in [6, 6.07) is 10.0. The Bertz CT molecular complexity index is 833. The van der Waals surface area contributed by atoms with Crippen LogP contribution in [0.4, 0.5) is 5.69 Å². The number of likely N-dealkylation sites (N-methyl/N-ethyl adjacent to an activating group) is 1. The van der Waals surface area contributed by atoms with Crippen molar-refractivity contribution in [2.75, 3.05) is 44.6 Å². The fraction of sp³-hybridized carbons (Fsp3) is 0.381. The first-order valence-electron chi connectivity index (χ1n) is 9.80. The average Bonchev–Trinajstić information content (AvgIpc) is 3.16. The molecule has 1 aliphatic heterocycles. The van der Waals surface area contributed by atoms with Gasteiger partial charge in [0, 0.05) is 44.0 Å². The zero-order valence-corrected chi connectivity index (χ0v) is 16.5. The summed E-state index contributed by atoms with van der Waals surface area (Å²) in [4.78, 5) is 40.5. The maximum absolute atomic E-state index is 12.8. The van der Waals surface area contributed by atoms with Crippen molar-refractivity contribution in [3.05, 3.63) is 54.0 Å². The summed E-state index contributed by atoms with van der Waals surface area (Å²) in [5.41, 5.74) is 1.16. The zero-order chi connectivity index (χ0) is 20.6. The number of hydrogen-bond acceptors (Lipinski definition) is 5. The van der Waals surface area contributed by atoms with E-state index in [9.17, 15) is 14.4 Å². The summed E-state index contributed by atoms with van der Waals surface area (Å²) in [5, 5.41) is 5.54. The number of carbonyl (C=O) groups is 3. The summed E-state index contributed by atoms with van der Waals surface area (Å²) < 4.78 is 5.06. The first kappa shape index (κ1) is 20.6. The lowest BCUT2D eigenvalue weighted by atomic mass is 10.1. The van der Waals surface area contributed by atoms with Gasteiger partial charge in [-0.15, -0.1) is 0 Å². The lowest BCUT2D eigenvalue weighted by Crippen LogP contribution is -2.40. The van der Waals surface area contributed by atoms with Crippen LogP contribution >= 0.6 is 0 Å². The summed E-state index contributed by atoms with van der Waals surface area (Å²) in [7, 11) is 0. The van der Waals surface area contributed by atoms with Gasteiger partial charge in [0.1, 0.15) is 0 Å². The molecule has 0 atom stereocenters. The number of furan rings is 1. The number of benzene rings is 1. The molecule has 2 heterocycles. The smallest absolute Gasteiger partial charge is 0.291 e. The molecule has 2 aromatic rings. The first-order chi connectivity index (χ1) is 14.1. The highest BCUT2D eigenvalue weighted by atomic mass is 16.3. The van der Waals surface area contributed by atoms with E-state index in [0.717, 1.165) is 13.0 Å². The van der Waals surface area contributed by atoms with Crippen molar-refractivity contribution in [2.45, 2.75) is 13.3 Å². The SMILES string of the molecule is CCNC(=O)CN1CCCN(C(=O)c2ccc(NC(=O)c3ccco3)cc2)CC1. The molecule has 1 fully saturated rings. The monoisotopic (exact) mass is 398 g/mol. The molecule has 1 aliphatic rings. The average molecular weight is 398 g/mol. The van der Waals surface area contributed by atoms with Crippen molar-refractivity contribution >= 4 is 23.4 Å². The number of nitrogens with zero attached hydrogens (tertiary/aromatic N) is 2. The largest absolute Gasteiger partial charge is 0.459 e. The van der Waals surface area contributed by atoms with Crippen LogP contribution in [-0.4, -0.2) is 66.8 Å². The maximum Gasteiger partial charge on any atom is 0.291 e. The molecule has 0 unspecified atom stereocenters. The molecule has 0 saturated carbocycles. The minimum atomic E-state index is -0.339. The van der Waals surface area contributed by atoms with E-state index in [4.69, 9.17) is 4.42 Å². The van der Waals surface area contributed by atoms with Crippen LogP contribution in [0.3, 0.4) is 0 Å². The Labute approximate surface area is 169 Å². The van der Waals surface area contributed by atoms with Gasteiger partial charge in [0.2, 0.25) is 5.91 Å². The van der Waals surface area contributed by atoms with Gasteiger partial charge in [-0.05, 0) is 49.7 Å². The van der Waals surface area contributed by atoms with E-state index in [2.05, 4.69) is 15.5 Å². The van der Waals surface area contributed by atoms with Crippen LogP contribution in [0, 0.1) is 0 Å². The highest BCUT2D eigenvalue weighted by molar-refractivity contribution is 6.02. The molecule has 1 aromatic heterocycles. The molecule has 0 radical (unpaired) electrons. The Kier molecular flexibility index (Phi) is 7.02. The predicted octanol–water partition coefficient (Wildman–Crippen LogP) is 1.82. The minimum Gasteiger partial charge on any atom is -0.459 e. The molecule has 0 aliphatic carbocycles. The van der Waals surface area contributed by atoms with E-state index >= 15 is 0 Å². The summed E-state index contributed by atoms with van der Waals surface area (Å²) in [5.74, 6) is -0.145. The van der Waals surface area contributed by atoms with E-state index in [-0.39, 0.29) is 23.5 Å². The van der Waals surface area contributed by atoms with E-state index in [0.29, 0.717) is 44.0 Å². The Morgan fingerprint density at radius 1 is 1.03 bits per heavy atom. The summed E-state index contributed by atoms with van der Waals surface area (Å²) in [6.07, 6.45) is 2.26. The van der Waals surface area contributed by atoms with Gasteiger partial charge in [-0.25, -0.2) is 0 Å². The Hall–Kier alpha value is -3.13. The lowest BCUT2D eigenvalue weighted by Gasteiger charge is -2.22. The Morgan fingerprint density at radius 2 is 1.83 bits per heavy atom. The van der Waals surface area contributed by atoms with Crippen LogP contribution in [0.5, 0.6) is 0 Å². The molecule has 1 saturated heterocycles. The predicted molar refractivity (Wildman–Crippen MR) is 109 cm³/mol. The normalized spacial score (nSPS) is 14.9. The maximum atomic E-state index is 12.8. The van der Waals surface area contributed by atoms with Crippen molar-refractivity contribution in [2.24, 2.45) is 0 Å². The van der Waals surface area contributed by atoms with Crippen LogP contribution in [0.1, 0.15) is 34.3 Å². The van der Waals surface area contributed by atoms with Gasteiger partial charge in [0.15, 0.2) is 5.76 Å². The van der Waals surface area contributed by atoms with Crippen molar-refractivity contribution in [3.8, 4) is 0 Å². The van der Waals surface area contributed by atoms with Crippen molar-refractivity contribution in [1.29, 1.82) is 0 Å². The number of rotatable bonds is 6. The van der Waals surface area contributed by atoms with Crippen LogP contribution in [0.2, 0.25) is 0 Å². The van der Waals surface area contributed by atoms with E-state index in [1.807, 2.05) is 11.8 Å². The standard InChI is InChI=1S/C21H26N4O4/c1-2-22-19(26)15-24-10-4-11-25(13-12-24)21(28)16-6-8-17(9-7-16)23-20(27)18-5-3-14-29-18/h3,5-9,14H,2,4,10-13,15H2,1H3,(H,22,26)(H,23,27). The molecule has 29 heavy (non-hydrogen) atoms. The highest BCUT2D eigenvalue weighted by Gasteiger charge is 2.21. The number of anilines is 1. The first-order valence-corrected chi connectivity index (χ1v) is 9.80. The molecule has 3 rings (SSSR count). The molecule has 3 amide bonds. The number of carbonyl (C=O) groups excluding carboxylic acids is 3. The van der Waals surface area contributed by atoms with Gasteiger partial charge in [-0.3, -0.25) is 19.3 Å². The number of nitrogens with one attached hydrogen (secondary N) is 2. The topological polar surface area (TPSA) is 94.9 Å². The van der Waals surface area contributed by atoms with Crippen molar-refractivity contribution in [1.82, 2.24) is 15.1 Å². The highest BCUT2D eigenvalue weighted by Crippen LogP contribution is 2.14. The molecule has 154 valence electrons. The van der Waals surface area contributed by atoms with Crippen LogP contribution in [-0.2, 0) is 4.79 Å². The Morgan fingerprint density at radius 3 is 2.52 bits per heavy atom. The van der Waals surface area contributed by atoms with Gasteiger partial charge in [0.25, 0.3) is 11.8 Å². The molecule has 1 aromatic carbocycles. The van der Waals surface area contributed by atoms with Gasteiger partial charge in [-0.2, -0.15) is 0 Å². The lowest BCUT2D eigenvalue weighted by molar-refractivity contribution is -0.122. The van der Waals surface area contributed by atoms with E-state index < -0.39 is 0 Å². The van der Waals surface area contributed by atoms with Gasteiger partial charge < -0.3 is 20.0 Å². The second kappa shape index (κ2) is 9.88. The Balaban J connectivity index is 1.54. The van der Waals surface area contributed by atoms with Gasteiger partial charge >= 0.3 is 0 Å². The van der Waals surface area contributed by atoms with Gasteiger partial charge in [-0.1, -0.05) is 0 Å². The molecule has 2 N–H and O–H groups in total. The third-order valence-corrected chi connectivity index (χ3v) is 4.75. The summed E-state index contributed by atoms with van der Waals surface area (Å²) >= 11 is 0. The minimum absolute atomic E-state index is 0.0134. The van der Waals surface area contributed by atoms with Gasteiger partial charge in [0.05, 0.1) is 12.8 Å². The van der Waals surface area contributed by atoms with Crippen molar-refractivity contribution in [3.63, 3.8) is 0 Å². The van der Waals surface area contributed by atoms with E-state index in [1.165, 1.54) is 6.26 Å². The fourth-order valence-electron chi connectivity index (χ4n) is 3.27. The van der Waals surface area contributed by atoms with E-state index in [1.54, 1.807) is 36.4 Å². The summed E-state index contributed by atoms with van der Waals surface area (Å²) in [6.45, 7) is 5.57. The van der Waals surface area contributed by atoms with Crippen LogP contribution in [0.15, 0.2) is 47.1 Å². The molecule has 0 bridgehead atoms. The molecular weight excluding hydrogens is 372 g/mol. The van der Waals surface area contributed by atoms with Crippen molar-refractivity contribution < 1.29 is 18.8 Å². The second-order valence-corrected chi connectivity index (χ2v) is 6.88. The number of hydrogen-bond donors (Lipinski definition) is 2. The number of amides is 3. The molecular formula is C21H26N4O4. The quantitative estimate of drug-likeness (QED) is 0.774. The zero-order valence-electron chi connectivity index (χ0n) is 16.5. The molecule has 0 spiro atoms. The fourth-order valence-corrected chi connectivity index (χ4v) is 3.27. The third kappa shape index (κ3) is 5.68. The third-order valence-electron chi connectivity index (χ3n) is 4.75. The van der Waals surface area contributed by atoms with Crippen LogP contribution < -0.4 is 10.6 Å². The molecule has 8 heteroatoms. The second-order valence-electron chi connectivity index (χ2n) is 6.88. The van der Waals surface area contributed by atoms with Crippen LogP contribution in [0.25, 0.3) is 0 Å². The molecule has 8 nitrogen and oxygen atoms in total.